The van der Waals surface area contributed by atoms with E-state index in [0.29, 0.717) is 23.1 Å². The summed E-state index contributed by atoms with van der Waals surface area (Å²) in [7, 11) is -0.852. The van der Waals surface area contributed by atoms with Crippen LogP contribution in [0, 0.1) is 0 Å². The Morgan fingerprint density at radius 3 is 2.65 bits per heavy atom. The van der Waals surface area contributed by atoms with Gasteiger partial charge < -0.3 is 20.2 Å². The monoisotopic (exact) mass is 378 g/mol. The number of fused-ring (bicyclic) bond motifs is 1. The van der Waals surface area contributed by atoms with Gasteiger partial charge in [-0.3, -0.25) is 4.57 Å². The first-order chi connectivity index (χ1) is 12.5. The summed E-state index contributed by atoms with van der Waals surface area (Å²) in [6.07, 6.45) is 0. The van der Waals surface area contributed by atoms with Crippen LogP contribution in [-0.4, -0.2) is 44.7 Å². The molecule has 1 unspecified atom stereocenters. The Labute approximate surface area is 148 Å². The molecule has 0 aliphatic rings. The lowest BCUT2D eigenvalue weighted by atomic mass is 10.2. The fourth-order valence-electron chi connectivity index (χ4n) is 2.37. The van der Waals surface area contributed by atoms with Gasteiger partial charge in [0.15, 0.2) is 11.5 Å². The molecule has 0 saturated heterocycles. The molecule has 4 N–H and O–H groups in total. The molecule has 3 aromatic rings. The second kappa shape index (κ2) is 7.61. The fourth-order valence-corrected chi connectivity index (χ4v) is 2.77. The number of hydrogen-bond donors (Lipinski definition) is 3. The SMILES string of the molecule is COCCOc1nc(N)c2[nH]c(=O)n(Cc3ccc([P+](=O)O)cc3)c2n1. The van der Waals surface area contributed by atoms with Gasteiger partial charge in [0.1, 0.15) is 12.1 Å². The second-order valence-electron chi connectivity index (χ2n) is 5.39. The summed E-state index contributed by atoms with van der Waals surface area (Å²) in [4.78, 5) is 32.3. The number of H-pyrrole nitrogens is 1. The molecule has 0 fully saturated rings. The lowest BCUT2D eigenvalue weighted by molar-refractivity contribution is 0.141. The number of rotatable bonds is 7. The molecule has 0 bridgehead atoms. The quantitative estimate of drug-likeness (QED) is 0.389. The Kier molecular flexibility index (Phi) is 5.27. The number of methoxy groups -OCH3 is 1. The average Bonchev–Trinajstić information content (AvgIpc) is 2.92. The molecular formula is C15H17N5O5P+. The van der Waals surface area contributed by atoms with Gasteiger partial charge in [-0.05, 0) is 22.3 Å². The van der Waals surface area contributed by atoms with Crippen molar-refractivity contribution in [2.75, 3.05) is 26.1 Å². The van der Waals surface area contributed by atoms with E-state index in [1.807, 2.05) is 0 Å². The summed E-state index contributed by atoms with van der Waals surface area (Å²) in [5.74, 6) is 0.103. The third-order valence-electron chi connectivity index (χ3n) is 3.65. The Morgan fingerprint density at radius 2 is 2.00 bits per heavy atom. The molecule has 0 spiro atoms. The van der Waals surface area contributed by atoms with Crippen LogP contribution >= 0.6 is 8.03 Å². The van der Waals surface area contributed by atoms with E-state index in [1.165, 1.54) is 16.7 Å². The first kappa shape index (κ1) is 18.0. The van der Waals surface area contributed by atoms with Gasteiger partial charge in [-0.1, -0.05) is 12.1 Å². The molecule has 2 aromatic heterocycles. The van der Waals surface area contributed by atoms with Crippen LogP contribution in [0.1, 0.15) is 5.56 Å². The Balaban J connectivity index is 1.95. The molecule has 0 aliphatic heterocycles. The summed E-state index contributed by atoms with van der Waals surface area (Å²) in [6.45, 7) is 0.812. The lowest BCUT2D eigenvalue weighted by Gasteiger charge is -2.06. The summed E-state index contributed by atoms with van der Waals surface area (Å²) in [5.41, 5.74) is 6.88. The van der Waals surface area contributed by atoms with Crippen LogP contribution in [0.5, 0.6) is 6.01 Å². The van der Waals surface area contributed by atoms with E-state index >= 15 is 0 Å². The molecule has 2 heterocycles. The van der Waals surface area contributed by atoms with Gasteiger partial charge in [0, 0.05) is 7.11 Å². The Bertz CT molecular complexity index is 998. The van der Waals surface area contributed by atoms with Crippen molar-refractivity contribution >= 4 is 30.3 Å². The van der Waals surface area contributed by atoms with E-state index in [-0.39, 0.29) is 25.0 Å². The van der Waals surface area contributed by atoms with Crippen LogP contribution in [0.4, 0.5) is 5.82 Å². The van der Waals surface area contributed by atoms with Crippen molar-refractivity contribution in [3.63, 3.8) is 0 Å². The first-order valence-electron chi connectivity index (χ1n) is 7.62. The van der Waals surface area contributed by atoms with E-state index in [4.69, 9.17) is 20.1 Å². The maximum atomic E-state index is 12.3. The van der Waals surface area contributed by atoms with Crippen molar-refractivity contribution in [3.8, 4) is 6.01 Å². The molecule has 10 nitrogen and oxygen atoms in total. The molecule has 1 atom stereocenters. The zero-order valence-corrected chi connectivity index (χ0v) is 14.8. The van der Waals surface area contributed by atoms with Crippen molar-refractivity contribution in [1.82, 2.24) is 19.5 Å². The van der Waals surface area contributed by atoms with Crippen LogP contribution in [0.2, 0.25) is 0 Å². The standard InChI is InChI=1S/C15H16N5O5P/c1-24-6-7-25-14-18-12(16)11-13(19-14)20(15(21)17-11)8-9-2-4-10(5-3-9)26(22)23/h2-5H,6-8H2,1H3,(H3-,16,17,18,19,21,22,23)/p+1. The number of imidazole rings is 1. The maximum Gasteiger partial charge on any atom is 0.546 e. The van der Waals surface area contributed by atoms with Crippen molar-refractivity contribution in [2.45, 2.75) is 6.54 Å². The van der Waals surface area contributed by atoms with E-state index in [9.17, 15) is 9.36 Å². The average molecular weight is 378 g/mol. The normalized spacial score (nSPS) is 11.7. The number of aromatic nitrogens is 4. The van der Waals surface area contributed by atoms with Gasteiger partial charge in [-0.25, -0.2) is 4.79 Å². The molecular weight excluding hydrogens is 361 g/mol. The first-order valence-corrected chi connectivity index (χ1v) is 8.83. The number of anilines is 1. The third kappa shape index (κ3) is 3.72. The Hall–Kier alpha value is -2.81. The molecule has 0 saturated carbocycles. The predicted octanol–water partition coefficient (Wildman–Crippen LogP) is 0.135. The lowest BCUT2D eigenvalue weighted by Crippen LogP contribution is -2.18. The van der Waals surface area contributed by atoms with Crippen LogP contribution < -0.4 is 21.5 Å². The number of nitrogens with two attached hydrogens (primary N) is 1. The van der Waals surface area contributed by atoms with Crippen LogP contribution in [0.3, 0.4) is 0 Å². The summed E-state index contributed by atoms with van der Waals surface area (Å²) in [5, 5.41) is 0.315. The molecule has 3 rings (SSSR count). The number of hydrogen-bond acceptors (Lipinski definition) is 7. The van der Waals surface area contributed by atoms with Crippen molar-refractivity contribution in [3.05, 3.63) is 40.3 Å². The highest BCUT2D eigenvalue weighted by Gasteiger charge is 2.17. The number of ether oxygens (including phenoxy) is 2. The number of benzene rings is 1. The zero-order valence-electron chi connectivity index (χ0n) is 13.9. The minimum absolute atomic E-state index is 0.0485. The van der Waals surface area contributed by atoms with Crippen molar-refractivity contribution in [1.29, 1.82) is 0 Å². The zero-order chi connectivity index (χ0) is 18.7. The van der Waals surface area contributed by atoms with Gasteiger partial charge in [0.05, 0.1) is 13.2 Å². The van der Waals surface area contributed by atoms with Crippen molar-refractivity contribution in [2.24, 2.45) is 0 Å². The smallest absolute Gasteiger partial charge is 0.461 e. The summed E-state index contributed by atoms with van der Waals surface area (Å²) >= 11 is 0. The van der Waals surface area contributed by atoms with Crippen LogP contribution in [0.15, 0.2) is 29.1 Å². The number of nitrogen functional groups attached to an aromatic ring is 1. The number of aromatic amines is 1. The maximum absolute atomic E-state index is 12.3. The van der Waals surface area contributed by atoms with Gasteiger partial charge in [-0.2, -0.15) is 14.9 Å². The highest BCUT2D eigenvalue weighted by molar-refractivity contribution is 7.47. The summed E-state index contributed by atoms with van der Waals surface area (Å²) in [6, 6.07) is 6.47. The highest BCUT2D eigenvalue weighted by atomic mass is 31.1. The largest absolute Gasteiger partial charge is 0.546 e. The predicted molar refractivity (Wildman–Crippen MR) is 94.9 cm³/mol. The van der Waals surface area contributed by atoms with E-state index in [1.54, 1.807) is 19.2 Å². The molecule has 0 radical (unpaired) electrons. The molecule has 0 amide bonds. The van der Waals surface area contributed by atoms with E-state index < -0.39 is 13.7 Å². The third-order valence-corrected chi connectivity index (χ3v) is 4.39. The topological polar surface area (TPSA) is 145 Å². The second-order valence-corrected chi connectivity index (χ2v) is 6.45. The van der Waals surface area contributed by atoms with Gasteiger partial charge in [-0.15, -0.1) is 0 Å². The Morgan fingerprint density at radius 1 is 1.27 bits per heavy atom. The van der Waals surface area contributed by atoms with E-state index in [2.05, 4.69) is 15.0 Å². The molecule has 11 heteroatoms. The minimum atomic E-state index is -2.40. The van der Waals surface area contributed by atoms with Crippen LogP contribution in [0.25, 0.3) is 11.2 Å². The van der Waals surface area contributed by atoms with Gasteiger partial charge in [0.2, 0.25) is 5.30 Å². The summed E-state index contributed by atoms with van der Waals surface area (Å²) < 4.78 is 22.7. The molecule has 1 aromatic carbocycles. The fraction of sp³-hybridized carbons (Fsp3) is 0.267. The highest BCUT2D eigenvalue weighted by Crippen LogP contribution is 2.19. The molecule has 26 heavy (non-hydrogen) atoms. The van der Waals surface area contributed by atoms with E-state index in [0.717, 1.165) is 5.56 Å². The van der Waals surface area contributed by atoms with Crippen molar-refractivity contribution < 1.29 is 18.9 Å². The van der Waals surface area contributed by atoms with Gasteiger partial charge in [0.25, 0.3) is 0 Å². The van der Waals surface area contributed by atoms with Gasteiger partial charge >= 0.3 is 19.7 Å². The minimum Gasteiger partial charge on any atom is -0.461 e. The number of nitrogens with one attached hydrogen (secondary N) is 1. The molecule has 136 valence electrons. The number of nitrogens with zero attached hydrogens (tertiary/aromatic N) is 3. The van der Waals surface area contributed by atoms with Crippen LogP contribution in [-0.2, 0) is 15.8 Å². The molecule has 0 aliphatic carbocycles.